The van der Waals surface area contributed by atoms with Crippen molar-refractivity contribution in [1.29, 1.82) is 0 Å². The summed E-state index contributed by atoms with van der Waals surface area (Å²) in [6.45, 7) is 6.30. The molecule has 0 unspecified atom stereocenters. The molecule has 0 spiro atoms. The summed E-state index contributed by atoms with van der Waals surface area (Å²) in [4.78, 5) is 11.8. The van der Waals surface area contributed by atoms with Crippen LogP contribution in [0, 0.1) is 13.8 Å². The maximum absolute atomic E-state index is 11.8. The van der Waals surface area contributed by atoms with Gasteiger partial charge in [-0.05, 0) is 55.7 Å². The summed E-state index contributed by atoms with van der Waals surface area (Å²) in [5, 5.41) is 9.63. The maximum atomic E-state index is 11.8. The van der Waals surface area contributed by atoms with E-state index in [0.717, 1.165) is 16.7 Å². The van der Waals surface area contributed by atoms with Gasteiger partial charge in [0, 0.05) is 0 Å². The van der Waals surface area contributed by atoms with E-state index in [1.54, 1.807) is 25.3 Å². The first-order valence-electron chi connectivity index (χ1n) is 7.79. The van der Waals surface area contributed by atoms with E-state index < -0.39 is 5.97 Å². The molecular weight excluding hydrogens is 304 g/mol. The van der Waals surface area contributed by atoms with Crippen molar-refractivity contribution in [3.63, 3.8) is 0 Å². The smallest absolute Gasteiger partial charge is 0.336 e. The highest BCUT2D eigenvalue weighted by atomic mass is 16.5. The minimum absolute atomic E-state index is 0.250. The molecule has 4 nitrogen and oxygen atoms in total. The summed E-state index contributed by atoms with van der Waals surface area (Å²) < 4.78 is 10.8. The quantitative estimate of drug-likeness (QED) is 0.634. The number of carbonyl (C=O) groups is 1. The Morgan fingerprint density at radius 1 is 1.12 bits per heavy atom. The molecule has 1 N–H and O–H groups in total. The van der Waals surface area contributed by atoms with Crippen LogP contribution in [-0.4, -0.2) is 24.8 Å². The fraction of sp³-hybridized carbons (Fsp3) is 0.250. The summed E-state index contributed by atoms with van der Waals surface area (Å²) in [5.74, 6) is 0.257. The van der Waals surface area contributed by atoms with E-state index in [0.29, 0.717) is 23.7 Å². The van der Waals surface area contributed by atoms with Crippen molar-refractivity contribution >= 4 is 17.6 Å². The van der Waals surface area contributed by atoms with E-state index in [1.165, 1.54) is 0 Å². The summed E-state index contributed by atoms with van der Waals surface area (Å²) in [6, 6.07) is 11.1. The second-order valence-electron chi connectivity index (χ2n) is 5.52. The third kappa shape index (κ3) is 3.96. The number of hydrogen-bond donors (Lipinski definition) is 1. The monoisotopic (exact) mass is 326 g/mol. The zero-order valence-corrected chi connectivity index (χ0v) is 14.4. The number of ether oxygens (including phenoxy) is 2. The number of carboxylic acids is 1. The third-order valence-corrected chi connectivity index (χ3v) is 3.70. The Hall–Kier alpha value is -2.75. The number of carboxylic acid groups (broad SMARTS) is 1. The summed E-state index contributed by atoms with van der Waals surface area (Å²) >= 11 is 0. The van der Waals surface area contributed by atoms with Gasteiger partial charge in [-0.25, -0.2) is 4.79 Å². The number of aryl methyl sites for hydroxylation is 2. The number of benzene rings is 2. The Balaban J connectivity index is 2.52. The Morgan fingerprint density at radius 3 is 2.46 bits per heavy atom. The van der Waals surface area contributed by atoms with Crippen LogP contribution in [0.4, 0.5) is 0 Å². The van der Waals surface area contributed by atoms with E-state index in [4.69, 9.17) is 9.47 Å². The van der Waals surface area contributed by atoms with Crippen molar-refractivity contribution in [2.24, 2.45) is 0 Å². The molecule has 0 heterocycles. The first-order chi connectivity index (χ1) is 11.5. The molecule has 0 saturated heterocycles. The lowest BCUT2D eigenvalue weighted by atomic mass is 9.97. The lowest BCUT2D eigenvalue weighted by molar-refractivity contribution is -0.130. The molecule has 0 bridgehead atoms. The lowest BCUT2D eigenvalue weighted by Crippen LogP contribution is -2.02. The predicted molar refractivity (Wildman–Crippen MR) is 95.6 cm³/mol. The predicted octanol–water partition coefficient (Wildman–Crippen LogP) is 4.34. The first-order valence-corrected chi connectivity index (χ1v) is 7.79. The van der Waals surface area contributed by atoms with Gasteiger partial charge in [-0.15, -0.1) is 0 Å². The third-order valence-electron chi connectivity index (χ3n) is 3.70. The summed E-state index contributed by atoms with van der Waals surface area (Å²) in [5.41, 5.74) is 3.74. The zero-order valence-electron chi connectivity index (χ0n) is 14.4. The van der Waals surface area contributed by atoms with Crippen LogP contribution in [0.1, 0.15) is 29.2 Å². The van der Waals surface area contributed by atoms with Gasteiger partial charge in [0.15, 0.2) is 11.5 Å². The Kier molecular flexibility index (Phi) is 5.64. The van der Waals surface area contributed by atoms with Crippen molar-refractivity contribution in [3.05, 3.63) is 58.7 Å². The summed E-state index contributed by atoms with van der Waals surface area (Å²) in [7, 11) is 1.58. The molecular formula is C20H22O4. The van der Waals surface area contributed by atoms with Crippen molar-refractivity contribution < 1.29 is 19.4 Å². The van der Waals surface area contributed by atoms with Gasteiger partial charge >= 0.3 is 5.97 Å². The van der Waals surface area contributed by atoms with Crippen LogP contribution in [0.15, 0.2) is 36.4 Å². The molecule has 4 heteroatoms. The molecule has 0 saturated carbocycles. The van der Waals surface area contributed by atoms with E-state index >= 15 is 0 Å². The van der Waals surface area contributed by atoms with Crippen LogP contribution in [0.3, 0.4) is 0 Å². The van der Waals surface area contributed by atoms with E-state index in [-0.39, 0.29) is 5.57 Å². The standard InChI is InChI=1S/C20H22O4/c1-5-24-19-12-15(7-9-18(19)23-4)11-17(20(21)22)16-8-6-13(2)10-14(16)3/h6-12H,5H2,1-4H3,(H,21,22)/b17-11-. The van der Waals surface area contributed by atoms with Gasteiger partial charge in [-0.3, -0.25) is 0 Å². The molecule has 2 aromatic rings. The highest BCUT2D eigenvalue weighted by Crippen LogP contribution is 2.30. The molecule has 0 atom stereocenters. The molecule has 0 aliphatic carbocycles. The van der Waals surface area contributed by atoms with Crippen LogP contribution in [0.5, 0.6) is 11.5 Å². The average molecular weight is 326 g/mol. The molecule has 24 heavy (non-hydrogen) atoms. The molecule has 0 aliphatic heterocycles. The normalized spacial score (nSPS) is 11.2. The van der Waals surface area contributed by atoms with Gasteiger partial charge in [0.25, 0.3) is 0 Å². The van der Waals surface area contributed by atoms with Gasteiger partial charge in [-0.2, -0.15) is 0 Å². The SMILES string of the molecule is CCOc1cc(/C=C(\C(=O)O)c2ccc(C)cc2C)ccc1OC. The molecule has 0 radical (unpaired) electrons. The Bertz CT molecular complexity index is 775. The van der Waals surface area contributed by atoms with Crippen molar-refractivity contribution in [3.8, 4) is 11.5 Å². The number of hydrogen-bond acceptors (Lipinski definition) is 3. The second kappa shape index (κ2) is 7.68. The molecule has 0 amide bonds. The van der Waals surface area contributed by atoms with Gasteiger partial charge in [0.05, 0.1) is 19.3 Å². The van der Waals surface area contributed by atoms with Gasteiger partial charge in [0.2, 0.25) is 0 Å². The number of rotatable bonds is 6. The molecule has 126 valence electrons. The maximum Gasteiger partial charge on any atom is 0.336 e. The summed E-state index contributed by atoms with van der Waals surface area (Å²) in [6.07, 6.45) is 1.65. The molecule has 0 fully saturated rings. The van der Waals surface area contributed by atoms with Gasteiger partial charge in [-0.1, -0.05) is 29.8 Å². The first kappa shape index (κ1) is 17.6. The van der Waals surface area contributed by atoms with Crippen molar-refractivity contribution in [1.82, 2.24) is 0 Å². The van der Waals surface area contributed by atoms with Crippen molar-refractivity contribution in [2.75, 3.05) is 13.7 Å². The number of methoxy groups -OCH3 is 1. The Morgan fingerprint density at radius 2 is 1.88 bits per heavy atom. The minimum Gasteiger partial charge on any atom is -0.493 e. The largest absolute Gasteiger partial charge is 0.493 e. The van der Waals surface area contributed by atoms with E-state index in [2.05, 4.69) is 0 Å². The van der Waals surface area contributed by atoms with Gasteiger partial charge in [0.1, 0.15) is 0 Å². The van der Waals surface area contributed by atoms with Crippen LogP contribution >= 0.6 is 0 Å². The van der Waals surface area contributed by atoms with Crippen molar-refractivity contribution in [2.45, 2.75) is 20.8 Å². The lowest BCUT2D eigenvalue weighted by Gasteiger charge is -2.11. The second-order valence-corrected chi connectivity index (χ2v) is 5.52. The topological polar surface area (TPSA) is 55.8 Å². The fourth-order valence-corrected chi connectivity index (χ4v) is 2.59. The molecule has 2 aromatic carbocycles. The highest BCUT2D eigenvalue weighted by Gasteiger charge is 2.14. The van der Waals surface area contributed by atoms with E-state index in [9.17, 15) is 9.90 Å². The fourth-order valence-electron chi connectivity index (χ4n) is 2.59. The van der Waals surface area contributed by atoms with E-state index in [1.807, 2.05) is 45.0 Å². The number of aliphatic carboxylic acids is 1. The molecule has 2 rings (SSSR count). The zero-order chi connectivity index (χ0) is 17.7. The molecule has 0 aliphatic rings. The van der Waals surface area contributed by atoms with Crippen LogP contribution in [0.2, 0.25) is 0 Å². The average Bonchev–Trinajstić information content (AvgIpc) is 2.53. The Labute approximate surface area is 142 Å². The van der Waals surface area contributed by atoms with Gasteiger partial charge < -0.3 is 14.6 Å². The van der Waals surface area contributed by atoms with Crippen LogP contribution in [0.25, 0.3) is 11.6 Å². The van der Waals surface area contributed by atoms with Crippen LogP contribution in [-0.2, 0) is 4.79 Å². The van der Waals surface area contributed by atoms with Crippen LogP contribution < -0.4 is 9.47 Å². The minimum atomic E-state index is -0.962. The molecule has 0 aromatic heterocycles. The highest BCUT2D eigenvalue weighted by molar-refractivity contribution is 6.21.